The lowest BCUT2D eigenvalue weighted by molar-refractivity contribution is -0.137. The second kappa shape index (κ2) is 10.5. The number of carboxylic acid groups (broad SMARTS) is 1. The number of amides is 2. The normalized spacial score (nSPS) is 10.8. The third kappa shape index (κ3) is 7.94. The molecule has 0 aliphatic carbocycles. The summed E-state index contributed by atoms with van der Waals surface area (Å²) in [6.45, 7) is 0.0524. The molecule has 2 amide bonds. The van der Waals surface area contributed by atoms with Gasteiger partial charge in [0.05, 0.1) is 13.0 Å². The lowest BCUT2D eigenvalue weighted by atomic mass is 10.1. The van der Waals surface area contributed by atoms with Crippen LogP contribution >= 0.6 is 0 Å². The van der Waals surface area contributed by atoms with Crippen LogP contribution in [0.5, 0.6) is 0 Å². The predicted molar refractivity (Wildman–Crippen MR) is 96.3 cm³/mol. The summed E-state index contributed by atoms with van der Waals surface area (Å²) in [6, 6.07) is 5.53. The van der Waals surface area contributed by atoms with Gasteiger partial charge in [-0.3, -0.25) is 19.8 Å². The van der Waals surface area contributed by atoms with Gasteiger partial charge in [-0.1, -0.05) is 11.8 Å². The Labute approximate surface area is 150 Å². The van der Waals surface area contributed by atoms with E-state index in [0.717, 1.165) is 0 Å². The van der Waals surface area contributed by atoms with Gasteiger partial charge in [0.2, 0.25) is 11.8 Å². The molecule has 0 spiro atoms. The van der Waals surface area contributed by atoms with Crippen molar-refractivity contribution in [2.45, 2.75) is 25.3 Å². The van der Waals surface area contributed by atoms with E-state index in [1.165, 1.54) is 0 Å². The van der Waals surface area contributed by atoms with Crippen molar-refractivity contribution < 1.29 is 19.5 Å². The number of anilines is 1. The Kier molecular flexibility index (Phi) is 8.33. The molecule has 0 aliphatic rings. The van der Waals surface area contributed by atoms with Crippen molar-refractivity contribution in [2.75, 3.05) is 11.9 Å². The molecule has 26 heavy (non-hydrogen) atoms. The van der Waals surface area contributed by atoms with Crippen molar-refractivity contribution in [1.82, 2.24) is 5.32 Å². The first-order chi connectivity index (χ1) is 12.3. The van der Waals surface area contributed by atoms with Gasteiger partial charge >= 0.3 is 5.97 Å². The monoisotopic (exact) mass is 359 g/mol. The van der Waals surface area contributed by atoms with Gasteiger partial charge in [0.25, 0.3) is 0 Å². The molecule has 1 unspecified atom stereocenters. The highest BCUT2D eigenvalue weighted by Gasteiger charge is 2.14. The van der Waals surface area contributed by atoms with Crippen LogP contribution in [0.4, 0.5) is 5.69 Å². The lowest BCUT2D eigenvalue weighted by Gasteiger charge is -2.11. The molecule has 0 bridgehead atoms. The van der Waals surface area contributed by atoms with Crippen LogP contribution in [0.15, 0.2) is 24.3 Å². The Hall–Kier alpha value is -3.38. The standard InChI is InChI=1S/C17H21N5O4/c18-9-1-2-13(10-16(25)26)22-15(24)8-7-14(23)21-12-5-3-11(4-6-12)17(19)20/h3-6,13H,7-10,18H2,(H3,19,20)(H,21,23)(H,22,24)(H,25,26). The maximum absolute atomic E-state index is 11.9. The van der Waals surface area contributed by atoms with E-state index >= 15 is 0 Å². The van der Waals surface area contributed by atoms with E-state index in [4.69, 9.17) is 22.0 Å². The molecule has 1 atom stereocenters. The topological polar surface area (TPSA) is 171 Å². The largest absolute Gasteiger partial charge is 0.481 e. The van der Waals surface area contributed by atoms with E-state index in [9.17, 15) is 14.4 Å². The number of carboxylic acids is 1. The van der Waals surface area contributed by atoms with Crippen LogP contribution in [0.3, 0.4) is 0 Å². The Bertz CT molecular complexity index is 734. The summed E-state index contributed by atoms with van der Waals surface area (Å²) in [4.78, 5) is 34.5. The van der Waals surface area contributed by atoms with E-state index < -0.39 is 17.9 Å². The number of nitrogen functional groups attached to an aromatic ring is 1. The van der Waals surface area contributed by atoms with Crippen LogP contribution in [0.1, 0.15) is 24.8 Å². The Balaban J connectivity index is 2.48. The van der Waals surface area contributed by atoms with Crippen molar-refractivity contribution in [2.24, 2.45) is 11.5 Å². The fourth-order valence-corrected chi connectivity index (χ4v) is 1.95. The van der Waals surface area contributed by atoms with Gasteiger partial charge in [0, 0.05) is 24.1 Å². The van der Waals surface area contributed by atoms with Crippen molar-refractivity contribution in [1.29, 1.82) is 5.41 Å². The zero-order valence-corrected chi connectivity index (χ0v) is 14.0. The number of carbonyl (C=O) groups excluding carboxylic acids is 2. The zero-order valence-electron chi connectivity index (χ0n) is 14.0. The third-order valence-electron chi connectivity index (χ3n) is 3.15. The minimum absolute atomic E-state index is 0.0524. The quantitative estimate of drug-likeness (QED) is 0.210. The van der Waals surface area contributed by atoms with Crippen molar-refractivity contribution in [3.05, 3.63) is 29.8 Å². The Morgan fingerprint density at radius 3 is 2.31 bits per heavy atom. The Morgan fingerprint density at radius 2 is 1.77 bits per heavy atom. The maximum atomic E-state index is 11.9. The first kappa shape index (κ1) is 20.7. The number of nitrogens with two attached hydrogens (primary N) is 2. The minimum Gasteiger partial charge on any atom is -0.481 e. The maximum Gasteiger partial charge on any atom is 0.306 e. The molecule has 138 valence electrons. The summed E-state index contributed by atoms with van der Waals surface area (Å²) in [5.41, 5.74) is 11.6. The fraction of sp³-hybridized carbons (Fsp3) is 0.294. The smallest absolute Gasteiger partial charge is 0.306 e. The van der Waals surface area contributed by atoms with Crippen LogP contribution in [0.25, 0.3) is 0 Å². The van der Waals surface area contributed by atoms with E-state index in [2.05, 4.69) is 22.5 Å². The molecule has 9 nitrogen and oxygen atoms in total. The average Bonchev–Trinajstić information content (AvgIpc) is 2.58. The molecule has 0 aromatic heterocycles. The number of carbonyl (C=O) groups is 3. The molecule has 1 aromatic carbocycles. The van der Waals surface area contributed by atoms with Crippen LogP contribution in [-0.2, 0) is 14.4 Å². The lowest BCUT2D eigenvalue weighted by Crippen LogP contribution is -2.36. The van der Waals surface area contributed by atoms with E-state index in [0.29, 0.717) is 11.3 Å². The van der Waals surface area contributed by atoms with Crippen molar-refractivity contribution in [3.63, 3.8) is 0 Å². The van der Waals surface area contributed by atoms with Crippen molar-refractivity contribution >= 4 is 29.3 Å². The summed E-state index contributed by atoms with van der Waals surface area (Å²) >= 11 is 0. The molecule has 0 radical (unpaired) electrons. The molecular formula is C17H21N5O4. The fourth-order valence-electron chi connectivity index (χ4n) is 1.95. The van der Waals surface area contributed by atoms with Crippen LogP contribution in [0, 0.1) is 17.3 Å². The number of rotatable bonds is 8. The second-order valence-corrected chi connectivity index (χ2v) is 5.28. The molecule has 0 saturated heterocycles. The van der Waals surface area contributed by atoms with Gasteiger partial charge in [-0.05, 0) is 24.3 Å². The van der Waals surface area contributed by atoms with Crippen molar-refractivity contribution in [3.8, 4) is 11.8 Å². The molecule has 0 fully saturated rings. The molecule has 8 N–H and O–H groups in total. The highest BCUT2D eigenvalue weighted by atomic mass is 16.4. The molecule has 0 saturated carbocycles. The van der Waals surface area contributed by atoms with Gasteiger partial charge in [0.1, 0.15) is 11.9 Å². The highest BCUT2D eigenvalue weighted by molar-refractivity contribution is 5.96. The number of amidine groups is 1. The number of hydrogen-bond acceptors (Lipinski definition) is 5. The van der Waals surface area contributed by atoms with Gasteiger partial charge in [-0.25, -0.2) is 0 Å². The summed E-state index contributed by atoms with van der Waals surface area (Å²) in [5, 5.41) is 21.2. The van der Waals surface area contributed by atoms with Crippen LogP contribution in [-0.4, -0.2) is 41.3 Å². The number of benzene rings is 1. The van der Waals surface area contributed by atoms with E-state index in [1.807, 2.05) is 0 Å². The molecule has 0 heterocycles. The summed E-state index contributed by atoms with van der Waals surface area (Å²) in [7, 11) is 0. The first-order valence-corrected chi connectivity index (χ1v) is 7.75. The average molecular weight is 359 g/mol. The minimum atomic E-state index is -1.10. The number of nitrogens with one attached hydrogen (secondary N) is 3. The molecule has 0 aliphatic heterocycles. The van der Waals surface area contributed by atoms with Crippen LogP contribution < -0.4 is 22.1 Å². The van der Waals surface area contributed by atoms with Gasteiger partial charge in [-0.2, -0.15) is 0 Å². The highest BCUT2D eigenvalue weighted by Crippen LogP contribution is 2.10. The molecule has 1 rings (SSSR count). The zero-order chi connectivity index (χ0) is 19.5. The van der Waals surface area contributed by atoms with Gasteiger partial charge in [-0.15, -0.1) is 0 Å². The van der Waals surface area contributed by atoms with Crippen LogP contribution in [0.2, 0.25) is 0 Å². The summed E-state index contributed by atoms with van der Waals surface area (Å²) in [6.07, 6.45) is -0.546. The number of hydrogen-bond donors (Lipinski definition) is 6. The summed E-state index contributed by atoms with van der Waals surface area (Å²) in [5.74, 6) is 3.04. The predicted octanol–water partition coefficient (Wildman–Crippen LogP) is -0.389. The van der Waals surface area contributed by atoms with E-state index in [-0.39, 0.29) is 37.6 Å². The van der Waals surface area contributed by atoms with Gasteiger partial charge in [0.15, 0.2) is 0 Å². The molecule has 1 aromatic rings. The first-order valence-electron chi connectivity index (χ1n) is 7.75. The molecular weight excluding hydrogens is 338 g/mol. The molecule has 9 heteroatoms. The third-order valence-corrected chi connectivity index (χ3v) is 3.15. The second-order valence-electron chi connectivity index (χ2n) is 5.28. The van der Waals surface area contributed by atoms with E-state index in [1.54, 1.807) is 24.3 Å². The number of aliphatic carboxylic acids is 1. The SMILES string of the molecule is N=C(N)c1ccc(NC(=O)CCC(=O)NC(C#CCN)CC(=O)O)cc1. The van der Waals surface area contributed by atoms with Gasteiger partial charge < -0.3 is 27.2 Å². The summed E-state index contributed by atoms with van der Waals surface area (Å²) < 4.78 is 0. The Morgan fingerprint density at radius 1 is 1.15 bits per heavy atom.